The summed E-state index contributed by atoms with van der Waals surface area (Å²) in [6.45, 7) is -0.454. The fourth-order valence-electron chi connectivity index (χ4n) is 3.14. The molecule has 4 rings (SSSR count). The van der Waals surface area contributed by atoms with Gasteiger partial charge in [0, 0.05) is 20.7 Å². The number of anilines is 1. The molecular formula is C28H21Cl2NO4S. The number of benzene rings is 4. The molecule has 1 amide bonds. The van der Waals surface area contributed by atoms with Gasteiger partial charge >= 0.3 is 5.97 Å². The zero-order valence-corrected chi connectivity index (χ0v) is 21.3. The predicted molar refractivity (Wildman–Crippen MR) is 144 cm³/mol. The second kappa shape index (κ2) is 12.5. The molecule has 0 saturated heterocycles. The minimum absolute atomic E-state index is 0.360. The van der Waals surface area contributed by atoms with Crippen LogP contribution >= 0.6 is 35.0 Å². The summed E-state index contributed by atoms with van der Waals surface area (Å²) in [5, 5.41) is 3.81. The van der Waals surface area contributed by atoms with Crippen molar-refractivity contribution < 1.29 is 19.1 Å². The first kappa shape index (κ1) is 25.6. The summed E-state index contributed by atoms with van der Waals surface area (Å²) in [7, 11) is 0. The lowest BCUT2D eigenvalue weighted by molar-refractivity contribution is -0.119. The monoisotopic (exact) mass is 537 g/mol. The summed E-state index contributed by atoms with van der Waals surface area (Å²) >= 11 is 13.7. The molecule has 0 spiro atoms. The molecule has 182 valence electrons. The largest absolute Gasteiger partial charge is 0.455 e. The van der Waals surface area contributed by atoms with E-state index < -0.39 is 18.5 Å². The minimum Gasteiger partial charge on any atom is -0.455 e. The van der Waals surface area contributed by atoms with Crippen molar-refractivity contribution in [1.29, 1.82) is 0 Å². The number of carbonyl (C=O) groups is 2. The topological polar surface area (TPSA) is 64.6 Å². The third kappa shape index (κ3) is 7.52. The van der Waals surface area contributed by atoms with E-state index in [9.17, 15) is 9.59 Å². The van der Waals surface area contributed by atoms with Crippen LogP contribution in [0.25, 0.3) is 0 Å². The first-order valence-electron chi connectivity index (χ1n) is 10.9. The lowest BCUT2D eigenvalue weighted by Crippen LogP contribution is -2.21. The Morgan fingerprint density at radius 1 is 0.806 bits per heavy atom. The number of thioether (sulfide) groups is 1. The van der Waals surface area contributed by atoms with Crippen molar-refractivity contribution in [2.24, 2.45) is 0 Å². The molecule has 0 fully saturated rings. The zero-order chi connectivity index (χ0) is 25.3. The molecule has 1 N–H and O–H groups in total. The Bertz CT molecular complexity index is 1330. The number of amides is 1. The number of halogens is 2. The van der Waals surface area contributed by atoms with Gasteiger partial charge in [0.2, 0.25) is 0 Å². The van der Waals surface area contributed by atoms with Gasteiger partial charge in [0.1, 0.15) is 5.75 Å². The van der Waals surface area contributed by atoms with Crippen LogP contribution in [0.5, 0.6) is 11.5 Å². The van der Waals surface area contributed by atoms with Crippen molar-refractivity contribution in [3.8, 4) is 11.5 Å². The van der Waals surface area contributed by atoms with Gasteiger partial charge in [0.05, 0.1) is 11.3 Å². The number of nitrogens with one attached hydrogen (secondary N) is 1. The van der Waals surface area contributed by atoms with Gasteiger partial charge in [-0.15, -0.1) is 11.8 Å². The highest BCUT2D eigenvalue weighted by atomic mass is 35.5. The predicted octanol–water partition coefficient (Wildman–Crippen LogP) is 7.87. The minimum atomic E-state index is -0.589. The van der Waals surface area contributed by atoms with Crippen molar-refractivity contribution >= 4 is 52.5 Å². The maximum absolute atomic E-state index is 12.5. The lowest BCUT2D eigenvalue weighted by atomic mass is 10.1. The molecule has 5 nitrogen and oxygen atoms in total. The normalized spacial score (nSPS) is 10.5. The Labute approximate surface area is 223 Å². The molecular weight excluding hydrogens is 517 g/mol. The van der Waals surface area contributed by atoms with Crippen molar-refractivity contribution in [2.75, 3.05) is 11.9 Å². The number of esters is 1. The number of para-hydroxylation sites is 1. The number of rotatable bonds is 9. The van der Waals surface area contributed by atoms with Crippen LogP contribution in [0.2, 0.25) is 10.0 Å². The van der Waals surface area contributed by atoms with E-state index in [1.807, 2.05) is 54.6 Å². The molecule has 0 aromatic heterocycles. The Kier molecular flexibility index (Phi) is 8.90. The Balaban J connectivity index is 1.29. The first-order valence-corrected chi connectivity index (χ1v) is 12.7. The summed E-state index contributed by atoms with van der Waals surface area (Å²) in [5.74, 6) is 0.661. The SMILES string of the molecule is O=C(COC(=O)c1ccc(CSc2ccc(Cl)cc2)cc1)Nc1cc(Cl)ccc1Oc1ccccc1. The fraction of sp³-hybridized carbons (Fsp3) is 0.0714. The summed E-state index contributed by atoms with van der Waals surface area (Å²) in [5.41, 5.74) is 1.78. The van der Waals surface area contributed by atoms with E-state index in [-0.39, 0.29) is 0 Å². The summed E-state index contributed by atoms with van der Waals surface area (Å²) < 4.78 is 11.0. The van der Waals surface area contributed by atoms with Gasteiger partial charge in [-0.25, -0.2) is 4.79 Å². The lowest BCUT2D eigenvalue weighted by Gasteiger charge is -2.13. The van der Waals surface area contributed by atoms with Crippen LogP contribution in [0.1, 0.15) is 15.9 Å². The van der Waals surface area contributed by atoms with E-state index in [1.54, 1.807) is 54.2 Å². The quantitative estimate of drug-likeness (QED) is 0.174. The van der Waals surface area contributed by atoms with Gasteiger partial charge in [-0.05, 0) is 72.3 Å². The first-order chi connectivity index (χ1) is 17.5. The maximum atomic E-state index is 12.5. The summed E-state index contributed by atoms with van der Waals surface area (Å²) in [6, 6.07) is 28.7. The van der Waals surface area contributed by atoms with E-state index in [2.05, 4.69) is 5.32 Å². The zero-order valence-electron chi connectivity index (χ0n) is 18.9. The standard InChI is InChI=1S/C28H21Cl2NO4S/c29-21-10-13-24(14-11-21)36-18-19-6-8-20(9-7-19)28(33)34-17-27(32)31-25-16-22(30)12-15-26(25)35-23-4-2-1-3-5-23/h1-16H,17-18H2,(H,31,32). The smallest absolute Gasteiger partial charge is 0.338 e. The van der Waals surface area contributed by atoms with Gasteiger partial charge in [-0.1, -0.05) is 53.5 Å². The van der Waals surface area contributed by atoms with Crippen LogP contribution in [0.4, 0.5) is 5.69 Å². The molecule has 0 bridgehead atoms. The van der Waals surface area contributed by atoms with Gasteiger partial charge in [0.15, 0.2) is 12.4 Å². The van der Waals surface area contributed by atoms with Crippen LogP contribution < -0.4 is 10.1 Å². The van der Waals surface area contributed by atoms with Crippen molar-refractivity contribution in [1.82, 2.24) is 0 Å². The number of hydrogen-bond acceptors (Lipinski definition) is 5. The number of carbonyl (C=O) groups excluding carboxylic acids is 2. The van der Waals surface area contributed by atoms with E-state index in [0.29, 0.717) is 32.8 Å². The highest BCUT2D eigenvalue weighted by molar-refractivity contribution is 7.98. The molecule has 4 aromatic carbocycles. The fourth-order valence-corrected chi connectivity index (χ4v) is 4.29. The average Bonchev–Trinajstić information content (AvgIpc) is 2.89. The highest BCUT2D eigenvalue weighted by Crippen LogP contribution is 2.32. The molecule has 0 aliphatic heterocycles. The van der Waals surface area contributed by atoms with Crippen LogP contribution in [-0.2, 0) is 15.3 Å². The summed E-state index contributed by atoms with van der Waals surface area (Å²) in [6.07, 6.45) is 0. The van der Waals surface area contributed by atoms with Crippen molar-refractivity contribution in [3.05, 3.63) is 118 Å². The van der Waals surface area contributed by atoms with E-state index in [4.69, 9.17) is 32.7 Å². The molecule has 0 aliphatic rings. The second-order valence-corrected chi connectivity index (χ2v) is 9.54. The third-order valence-corrected chi connectivity index (χ3v) is 6.50. The van der Waals surface area contributed by atoms with Gasteiger partial charge in [-0.3, -0.25) is 4.79 Å². The highest BCUT2D eigenvalue weighted by Gasteiger charge is 2.14. The number of hydrogen-bond donors (Lipinski definition) is 1. The molecule has 8 heteroatoms. The van der Waals surface area contributed by atoms with Crippen molar-refractivity contribution in [2.45, 2.75) is 10.6 Å². The van der Waals surface area contributed by atoms with E-state index in [0.717, 1.165) is 16.2 Å². The van der Waals surface area contributed by atoms with Crippen LogP contribution in [-0.4, -0.2) is 18.5 Å². The van der Waals surface area contributed by atoms with E-state index >= 15 is 0 Å². The molecule has 0 saturated carbocycles. The van der Waals surface area contributed by atoms with Gasteiger partial charge in [-0.2, -0.15) is 0 Å². The maximum Gasteiger partial charge on any atom is 0.338 e. The van der Waals surface area contributed by atoms with Crippen LogP contribution in [0.3, 0.4) is 0 Å². The summed E-state index contributed by atoms with van der Waals surface area (Å²) in [4.78, 5) is 26.0. The molecule has 0 heterocycles. The van der Waals surface area contributed by atoms with Gasteiger partial charge < -0.3 is 14.8 Å². The third-order valence-electron chi connectivity index (χ3n) is 4.93. The van der Waals surface area contributed by atoms with Crippen molar-refractivity contribution in [3.63, 3.8) is 0 Å². The van der Waals surface area contributed by atoms with Crippen LogP contribution in [0.15, 0.2) is 102 Å². The Morgan fingerprint density at radius 2 is 1.50 bits per heavy atom. The second-order valence-electron chi connectivity index (χ2n) is 7.62. The molecule has 0 unspecified atom stereocenters. The van der Waals surface area contributed by atoms with Gasteiger partial charge in [0.25, 0.3) is 5.91 Å². The molecule has 36 heavy (non-hydrogen) atoms. The number of ether oxygens (including phenoxy) is 2. The molecule has 4 aromatic rings. The molecule has 0 radical (unpaired) electrons. The Morgan fingerprint density at radius 3 is 2.22 bits per heavy atom. The average molecular weight is 538 g/mol. The Hall–Kier alpha value is -3.45. The van der Waals surface area contributed by atoms with Crippen LogP contribution in [0, 0.1) is 0 Å². The molecule has 0 aliphatic carbocycles. The molecule has 0 atom stereocenters. The van der Waals surface area contributed by atoms with E-state index in [1.165, 1.54) is 0 Å².